The Hall–Kier alpha value is -3.84. The van der Waals surface area contributed by atoms with Gasteiger partial charge in [0, 0.05) is 29.8 Å². The summed E-state index contributed by atoms with van der Waals surface area (Å²) >= 11 is 0. The van der Waals surface area contributed by atoms with E-state index < -0.39 is 0 Å². The first-order valence-electron chi connectivity index (χ1n) is 13.6. The number of hydrogen-bond donors (Lipinski definition) is 2. The van der Waals surface area contributed by atoms with Crippen LogP contribution in [0.3, 0.4) is 0 Å². The van der Waals surface area contributed by atoms with E-state index in [2.05, 4.69) is 50.6 Å². The molecule has 7 heteroatoms. The summed E-state index contributed by atoms with van der Waals surface area (Å²) in [6, 6.07) is 12.1. The Balaban J connectivity index is 1.20. The van der Waals surface area contributed by atoms with Crippen LogP contribution in [0.4, 0.5) is 11.4 Å². The third-order valence-corrected chi connectivity index (χ3v) is 7.75. The minimum atomic E-state index is -0.132. The summed E-state index contributed by atoms with van der Waals surface area (Å²) in [6.07, 6.45) is 12.5. The Bertz CT molecular complexity index is 1390. The van der Waals surface area contributed by atoms with Gasteiger partial charge in [0.1, 0.15) is 0 Å². The van der Waals surface area contributed by atoms with Gasteiger partial charge in [-0.3, -0.25) is 24.5 Å². The Morgan fingerprint density at radius 2 is 1.79 bits per heavy atom. The Kier molecular flexibility index (Phi) is 6.77. The van der Waals surface area contributed by atoms with Gasteiger partial charge in [0.05, 0.1) is 29.5 Å². The lowest BCUT2D eigenvalue weighted by atomic mass is 9.82. The van der Waals surface area contributed by atoms with Crippen molar-refractivity contribution in [3.8, 4) is 11.1 Å². The predicted octanol–water partition coefficient (Wildman–Crippen LogP) is 5.62. The molecule has 3 aromatic rings. The molecule has 1 aromatic carbocycles. The van der Waals surface area contributed by atoms with Crippen molar-refractivity contribution >= 4 is 28.8 Å². The van der Waals surface area contributed by atoms with Crippen LogP contribution in [-0.4, -0.2) is 39.8 Å². The summed E-state index contributed by atoms with van der Waals surface area (Å²) in [5.41, 5.74) is 7.04. The molecule has 0 spiro atoms. The molecule has 2 N–H and O–H groups in total. The van der Waals surface area contributed by atoms with Crippen molar-refractivity contribution in [1.29, 1.82) is 0 Å². The summed E-state index contributed by atoms with van der Waals surface area (Å²) in [6.45, 7) is 5.29. The smallest absolute Gasteiger partial charge is 0.255 e. The molecule has 3 heterocycles. The molecule has 7 nitrogen and oxygen atoms in total. The maximum atomic E-state index is 13.4. The quantitative estimate of drug-likeness (QED) is 0.434. The van der Waals surface area contributed by atoms with Gasteiger partial charge in [0.25, 0.3) is 5.91 Å². The van der Waals surface area contributed by atoms with Gasteiger partial charge in [-0.25, -0.2) is 0 Å². The first kappa shape index (κ1) is 24.5. The van der Waals surface area contributed by atoms with E-state index in [1.165, 1.54) is 12.8 Å². The van der Waals surface area contributed by atoms with Crippen molar-refractivity contribution in [3.63, 3.8) is 0 Å². The monoisotopic (exact) mass is 507 g/mol. The molecule has 2 aromatic heterocycles. The first-order chi connectivity index (χ1) is 18.5. The molecule has 0 unspecified atom stereocenters. The molecule has 6 rings (SSSR count). The molecule has 0 radical (unpaired) electrons. The minimum absolute atomic E-state index is 0.0590. The number of anilines is 2. The van der Waals surface area contributed by atoms with Gasteiger partial charge in [0.15, 0.2) is 0 Å². The lowest BCUT2D eigenvalue weighted by molar-refractivity contribution is -0.117. The fourth-order valence-corrected chi connectivity index (χ4v) is 5.36. The molecule has 3 aliphatic rings. The number of amides is 2. The summed E-state index contributed by atoms with van der Waals surface area (Å²) in [5.74, 6) is 0.382. The van der Waals surface area contributed by atoms with E-state index in [-0.39, 0.29) is 17.7 Å². The summed E-state index contributed by atoms with van der Waals surface area (Å²) in [4.78, 5) is 37.0. The van der Waals surface area contributed by atoms with Crippen molar-refractivity contribution in [2.24, 2.45) is 5.92 Å². The maximum Gasteiger partial charge on any atom is 0.255 e. The molecule has 38 heavy (non-hydrogen) atoms. The number of carbonyl (C=O) groups excluding carboxylic acids is 2. The SMILES string of the molecule is C[C@@H]1CC=C(C(=O)Nc2ccc(CN3CCCC3)nc2)c2cc(-c3cncc(NC(=O)C4CC4)c3)ccc21. The average molecular weight is 508 g/mol. The molecule has 194 valence electrons. The zero-order valence-electron chi connectivity index (χ0n) is 21.7. The second-order valence-corrected chi connectivity index (χ2v) is 10.8. The molecular formula is C31H33N5O2. The number of allylic oxidation sites excluding steroid dienone is 1. The molecular weight excluding hydrogens is 474 g/mol. The van der Waals surface area contributed by atoms with Gasteiger partial charge < -0.3 is 10.6 Å². The van der Waals surface area contributed by atoms with Gasteiger partial charge >= 0.3 is 0 Å². The highest BCUT2D eigenvalue weighted by Gasteiger charge is 2.29. The van der Waals surface area contributed by atoms with E-state index in [1.54, 1.807) is 18.6 Å². The standard InChI is InChI=1S/C31H33N5O2/c1-20-4-10-28(31(38)34-24-8-9-25(33-18-24)19-36-12-2-3-13-36)29-15-22(7-11-27(20)29)23-14-26(17-32-16-23)35-30(37)21-5-6-21/h7-11,14-18,20-21H,2-6,12-13,19H2,1H3,(H,34,38)(H,35,37)/t20-/m1/s1. The van der Waals surface area contributed by atoms with Crippen LogP contribution in [0.1, 0.15) is 61.8 Å². The molecule has 1 saturated carbocycles. The summed E-state index contributed by atoms with van der Waals surface area (Å²) in [7, 11) is 0. The van der Waals surface area contributed by atoms with E-state index in [4.69, 9.17) is 0 Å². The van der Waals surface area contributed by atoms with Gasteiger partial charge in [-0.2, -0.15) is 0 Å². The fraction of sp³-hybridized carbons (Fsp3) is 0.355. The molecule has 2 fully saturated rings. The third kappa shape index (κ3) is 5.38. The molecule has 1 saturated heterocycles. The summed E-state index contributed by atoms with van der Waals surface area (Å²) < 4.78 is 0. The number of aromatic nitrogens is 2. The van der Waals surface area contributed by atoms with Gasteiger partial charge in [-0.1, -0.05) is 25.1 Å². The van der Waals surface area contributed by atoms with Crippen LogP contribution in [0, 0.1) is 5.92 Å². The van der Waals surface area contributed by atoms with Crippen LogP contribution in [0.5, 0.6) is 0 Å². The Morgan fingerprint density at radius 1 is 0.947 bits per heavy atom. The van der Waals surface area contributed by atoms with Crippen molar-refractivity contribution in [2.75, 3.05) is 23.7 Å². The topological polar surface area (TPSA) is 87.2 Å². The van der Waals surface area contributed by atoms with Crippen molar-refractivity contribution in [3.05, 3.63) is 77.9 Å². The van der Waals surface area contributed by atoms with E-state index >= 15 is 0 Å². The van der Waals surface area contributed by atoms with Crippen molar-refractivity contribution in [2.45, 2.75) is 51.5 Å². The summed E-state index contributed by atoms with van der Waals surface area (Å²) in [5, 5.41) is 6.03. The van der Waals surface area contributed by atoms with E-state index in [0.717, 1.165) is 66.8 Å². The lowest BCUT2D eigenvalue weighted by Crippen LogP contribution is -2.20. The molecule has 2 amide bonds. The van der Waals surface area contributed by atoms with E-state index in [9.17, 15) is 9.59 Å². The normalized spacial score (nSPS) is 19.0. The zero-order valence-corrected chi connectivity index (χ0v) is 21.7. The molecule has 2 aliphatic carbocycles. The van der Waals surface area contributed by atoms with Gasteiger partial charge in [-0.05, 0) is 92.1 Å². The number of rotatable bonds is 7. The Morgan fingerprint density at radius 3 is 2.55 bits per heavy atom. The van der Waals surface area contributed by atoms with Gasteiger partial charge in [-0.15, -0.1) is 0 Å². The number of nitrogens with one attached hydrogen (secondary N) is 2. The molecule has 1 aliphatic heterocycles. The van der Waals surface area contributed by atoms with Crippen LogP contribution >= 0.6 is 0 Å². The second kappa shape index (κ2) is 10.5. The average Bonchev–Trinajstić information content (AvgIpc) is 3.67. The number of pyridine rings is 2. The first-order valence-corrected chi connectivity index (χ1v) is 13.6. The second-order valence-electron chi connectivity index (χ2n) is 10.8. The highest BCUT2D eigenvalue weighted by atomic mass is 16.2. The largest absolute Gasteiger partial charge is 0.324 e. The number of nitrogens with zero attached hydrogens (tertiary/aromatic N) is 3. The van der Waals surface area contributed by atoms with Crippen LogP contribution in [-0.2, 0) is 16.1 Å². The number of likely N-dealkylation sites (tertiary alicyclic amines) is 1. The minimum Gasteiger partial charge on any atom is -0.324 e. The number of benzene rings is 1. The van der Waals surface area contributed by atoms with E-state index in [1.807, 2.05) is 24.3 Å². The van der Waals surface area contributed by atoms with Crippen LogP contribution < -0.4 is 10.6 Å². The number of fused-ring (bicyclic) bond motifs is 1. The molecule has 1 atom stereocenters. The van der Waals surface area contributed by atoms with Gasteiger partial charge in [0.2, 0.25) is 5.91 Å². The lowest BCUT2D eigenvalue weighted by Gasteiger charge is -2.23. The Labute approximate surface area is 223 Å². The van der Waals surface area contributed by atoms with E-state index in [0.29, 0.717) is 22.9 Å². The van der Waals surface area contributed by atoms with Crippen LogP contribution in [0.25, 0.3) is 16.7 Å². The fourth-order valence-electron chi connectivity index (χ4n) is 5.36. The zero-order chi connectivity index (χ0) is 26.1. The van der Waals surface area contributed by atoms with Crippen molar-refractivity contribution < 1.29 is 9.59 Å². The predicted molar refractivity (Wildman–Crippen MR) is 149 cm³/mol. The maximum absolute atomic E-state index is 13.4. The number of hydrogen-bond acceptors (Lipinski definition) is 5. The highest BCUT2D eigenvalue weighted by molar-refractivity contribution is 6.26. The third-order valence-electron chi connectivity index (χ3n) is 7.75. The van der Waals surface area contributed by atoms with Crippen molar-refractivity contribution in [1.82, 2.24) is 14.9 Å². The highest BCUT2D eigenvalue weighted by Crippen LogP contribution is 2.38. The molecule has 0 bridgehead atoms. The number of carbonyl (C=O) groups is 2. The van der Waals surface area contributed by atoms with Crippen LogP contribution in [0.2, 0.25) is 0 Å². The van der Waals surface area contributed by atoms with Crippen LogP contribution in [0.15, 0.2) is 61.1 Å².